The highest BCUT2D eigenvalue weighted by molar-refractivity contribution is 5.70. The van der Waals surface area contributed by atoms with Crippen molar-refractivity contribution >= 4 is 5.57 Å². The summed E-state index contributed by atoms with van der Waals surface area (Å²) < 4.78 is 1.87. The van der Waals surface area contributed by atoms with Gasteiger partial charge in [0.1, 0.15) is 6.33 Å². The third-order valence-corrected chi connectivity index (χ3v) is 1.61. The molecule has 1 rings (SSSR count). The molecule has 0 N–H and O–H groups in total. The molecule has 0 atom stereocenters. The summed E-state index contributed by atoms with van der Waals surface area (Å²) in [6, 6.07) is 0. The lowest BCUT2D eigenvalue weighted by atomic mass is 10.2. The summed E-state index contributed by atoms with van der Waals surface area (Å²) in [5, 5.41) is 7.81. The molecule has 0 saturated carbocycles. The fourth-order valence-electron chi connectivity index (χ4n) is 1.06. The Hall–Kier alpha value is -1.64. The quantitative estimate of drug-likeness (QED) is 0.657. The van der Waals surface area contributed by atoms with Crippen LogP contribution in [0, 0.1) is 0 Å². The van der Waals surface area contributed by atoms with Gasteiger partial charge in [-0.25, -0.2) is 0 Å². The Morgan fingerprint density at radius 3 is 2.85 bits per heavy atom. The van der Waals surface area contributed by atoms with Crippen LogP contribution in [0.5, 0.6) is 0 Å². The lowest BCUT2D eigenvalue weighted by Crippen LogP contribution is -1.94. The highest BCUT2D eigenvalue weighted by Crippen LogP contribution is 2.11. The summed E-state index contributed by atoms with van der Waals surface area (Å²) in [5.74, 6) is 0.845. The molecule has 1 heterocycles. The van der Waals surface area contributed by atoms with Crippen molar-refractivity contribution in [3.05, 3.63) is 43.0 Å². The van der Waals surface area contributed by atoms with Gasteiger partial charge in [0.25, 0.3) is 0 Å². The van der Waals surface area contributed by atoms with Gasteiger partial charge in [-0.05, 0) is 6.92 Å². The molecular weight excluding hydrogens is 162 g/mol. The van der Waals surface area contributed by atoms with Gasteiger partial charge in [-0.15, -0.1) is 10.2 Å². The molecule has 1 aromatic heterocycles. The molecule has 3 nitrogen and oxygen atoms in total. The van der Waals surface area contributed by atoms with Crippen molar-refractivity contribution in [2.45, 2.75) is 6.92 Å². The predicted octanol–water partition coefficient (Wildman–Crippen LogP) is 1.96. The SMILES string of the molecule is C=C/C=C(\C=C/C)c1nncn1C. The molecule has 0 aliphatic carbocycles. The van der Waals surface area contributed by atoms with Gasteiger partial charge in [-0.1, -0.05) is 30.9 Å². The second-order valence-electron chi connectivity index (χ2n) is 2.62. The molecule has 0 fully saturated rings. The largest absolute Gasteiger partial charge is 0.317 e. The maximum atomic E-state index is 4.00. The summed E-state index contributed by atoms with van der Waals surface area (Å²) >= 11 is 0. The van der Waals surface area contributed by atoms with E-state index in [9.17, 15) is 0 Å². The predicted molar refractivity (Wildman–Crippen MR) is 54.0 cm³/mol. The first kappa shape index (κ1) is 9.45. The van der Waals surface area contributed by atoms with Crippen LogP contribution in [-0.4, -0.2) is 14.8 Å². The molecule has 3 heteroatoms. The average molecular weight is 175 g/mol. The molecule has 1 aromatic rings. The standard InChI is InChI=1S/C10H13N3/c1-4-6-9(7-5-2)10-12-11-8-13(10)3/h4-8H,1H2,2-3H3/b7-5-,9-6+. The highest BCUT2D eigenvalue weighted by Gasteiger charge is 2.02. The van der Waals surface area contributed by atoms with E-state index in [2.05, 4.69) is 16.8 Å². The fourth-order valence-corrected chi connectivity index (χ4v) is 1.06. The summed E-state index contributed by atoms with van der Waals surface area (Å²) in [6.07, 6.45) is 9.26. The van der Waals surface area contributed by atoms with Crippen molar-refractivity contribution in [3.8, 4) is 0 Å². The summed E-state index contributed by atoms with van der Waals surface area (Å²) in [6.45, 7) is 5.62. The van der Waals surface area contributed by atoms with E-state index >= 15 is 0 Å². The number of aromatic nitrogens is 3. The second-order valence-corrected chi connectivity index (χ2v) is 2.62. The van der Waals surface area contributed by atoms with E-state index in [4.69, 9.17) is 0 Å². The van der Waals surface area contributed by atoms with Crippen molar-refractivity contribution < 1.29 is 0 Å². The highest BCUT2D eigenvalue weighted by atomic mass is 15.2. The van der Waals surface area contributed by atoms with Gasteiger partial charge in [0.15, 0.2) is 5.82 Å². The van der Waals surface area contributed by atoms with Crippen LogP contribution in [0.15, 0.2) is 37.2 Å². The summed E-state index contributed by atoms with van der Waals surface area (Å²) in [4.78, 5) is 0. The maximum absolute atomic E-state index is 4.00. The monoisotopic (exact) mass is 175 g/mol. The molecule has 0 aliphatic rings. The zero-order valence-corrected chi connectivity index (χ0v) is 7.94. The average Bonchev–Trinajstić information content (AvgIpc) is 2.51. The van der Waals surface area contributed by atoms with Crippen LogP contribution in [0.1, 0.15) is 12.7 Å². The summed E-state index contributed by atoms with van der Waals surface area (Å²) in [7, 11) is 1.91. The molecule has 0 spiro atoms. The van der Waals surface area contributed by atoms with Crippen LogP contribution >= 0.6 is 0 Å². The Balaban J connectivity index is 3.09. The fraction of sp³-hybridized carbons (Fsp3) is 0.200. The Bertz CT molecular complexity index is 345. The molecule has 0 unspecified atom stereocenters. The van der Waals surface area contributed by atoms with E-state index in [1.165, 1.54) is 0 Å². The number of hydrogen-bond acceptors (Lipinski definition) is 2. The van der Waals surface area contributed by atoms with E-state index in [0.717, 1.165) is 11.4 Å². The first-order chi connectivity index (χ1) is 6.29. The van der Waals surface area contributed by atoms with Crippen molar-refractivity contribution in [2.75, 3.05) is 0 Å². The molecular formula is C10H13N3. The van der Waals surface area contributed by atoms with Crippen LogP contribution in [0.25, 0.3) is 5.57 Å². The summed E-state index contributed by atoms with van der Waals surface area (Å²) in [5.41, 5.74) is 1.01. The molecule has 13 heavy (non-hydrogen) atoms. The topological polar surface area (TPSA) is 30.7 Å². The van der Waals surface area contributed by atoms with Gasteiger partial charge in [-0.3, -0.25) is 0 Å². The number of aryl methyl sites for hydroxylation is 1. The Morgan fingerprint density at radius 1 is 1.62 bits per heavy atom. The second kappa shape index (κ2) is 4.40. The van der Waals surface area contributed by atoms with Crippen LogP contribution in [0.2, 0.25) is 0 Å². The minimum atomic E-state index is 0.845. The van der Waals surface area contributed by atoms with Gasteiger partial charge >= 0.3 is 0 Å². The number of allylic oxidation sites excluding steroid dienone is 5. The number of nitrogens with zero attached hydrogens (tertiary/aromatic N) is 3. The van der Waals surface area contributed by atoms with E-state index in [1.807, 2.05) is 36.8 Å². The third-order valence-electron chi connectivity index (χ3n) is 1.61. The minimum Gasteiger partial charge on any atom is -0.317 e. The van der Waals surface area contributed by atoms with Gasteiger partial charge in [0.05, 0.1) is 0 Å². The lowest BCUT2D eigenvalue weighted by molar-refractivity contribution is 0.891. The van der Waals surface area contributed by atoms with Crippen molar-refractivity contribution in [1.29, 1.82) is 0 Å². The number of rotatable bonds is 3. The maximum Gasteiger partial charge on any atom is 0.163 e. The van der Waals surface area contributed by atoms with E-state index in [0.29, 0.717) is 0 Å². The lowest BCUT2D eigenvalue weighted by Gasteiger charge is -1.99. The Labute approximate surface area is 78.1 Å². The zero-order valence-electron chi connectivity index (χ0n) is 7.94. The van der Waals surface area contributed by atoms with Gasteiger partial charge < -0.3 is 4.57 Å². The van der Waals surface area contributed by atoms with Crippen LogP contribution in [-0.2, 0) is 7.05 Å². The molecule has 0 aliphatic heterocycles. The molecule has 0 aromatic carbocycles. The van der Waals surface area contributed by atoms with Gasteiger partial charge in [0, 0.05) is 12.6 Å². The van der Waals surface area contributed by atoms with Crippen molar-refractivity contribution in [2.24, 2.45) is 7.05 Å². The molecule has 0 radical (unpaired) electrons. The zero-order chi connectivity index (χ0) is 9.68. The molecule has 0 saturated heterocycles. The van der Waals surface area contributed by atoms with Crippen LogP contribution in [0.4, 0.5) is 0 Å². The van der Waals surface area contributed by atoms with Crippen molar-refractivity contribution in [3.63, 3.8) is 0 Å². The number of hydrogen-bond donors (Lipinski definition) is 0. The third kappa shape index (κ3) is 2.15. The molecule has 0 amide bonds. The van der Waals surface area contributed by atoms with Crippen molar-refractivity contribution in [1.82, 2.24) is 14.8 Å². The first-order valence-corrected chi connectivity index (χ1v) is 4.09. The normalized spacial score (nSPS) is 12.3. The molecule has 0 bridgehead atoms. The minimum absolute atomic E-state index is 0.845. The molecule has 68 valence electrons. The van der Waals surface area contributed by atoms with Gasteiger partial charge in [0.2, 0.25) is 0 Å². The van der Waals surface area contributed by atoms with E-state index in [-0.39, 0.29) is 0 Å². The Morgan fingerprint density at radius 2 is 2.38 bits per heavy atom. The first-order valence-electron chi connectivity index (χ1n) is 4.09. The van der Waals surface area contributed by atoms with Crippen LogP contribution < -0.4 is 0 Å². The smallest absolute Gasteiger partial charge is 0.163 e. The van der Waals surface area contributed by atoms with Crippen LogP contribution in [0.3, 0.4) is 0 Å². The van der Waals surface area contributed by atoms with E-state index in [1.54, 1.807) is 12.4 Å². The van der Waals surface area contributed by atoms with Gasteiger partial charge in [-0.2, -0.15) is 0 Å². The van der Waals surface area contributed by atoms with E-state index < -0.39 is 0 Å². The Kier molecular flexibility index (Phi) is 3.20.